The Kier molecular flexibility index (Phi) is 2.76. The summed E-state index contributed by atoms with van der Waals surface area (Å²) in [6.45, 7) is 0. The number of rotatable bonds is 2. The molecule has 0 spiro atoms. The lowest BCUT2D eigenvalue weighted by Crippen LogP contribution is -2.05. The SMILES string of the molecule is FC(c1ccccc1)n1c(Cl)nc2ccccc21. The van der Waals surface area contributed by atoms with Crippen LogP contribution in [0.5, 0.6) is 0 Å². The number of halogens is 2. The smallest absolute Gasteiger partial charge is 0.206 e. The molecular formula is C14H10ClFN2. The van der Waals surface area contributed by atoms with Gasteiger partial charge < -0.3 is 0 Å². The Bertz CT molecular complexity index is 679. The van der Waals surface area contributed by atoms with E-state index in [1.165, 1.54) is 4.57 Å². The Balaban J connectivity index is 2.17. The van der Waals surface area contributed by atoms with Crippen molar-refractivity contribution in [2.24, 2.45) is 0 Å². The molecule has 3 rings (SSSR count). The molecule has 1 heterocycles. The largest absolute Gasteiger partial charge is 0.279 e. The first-order valence-corrected chi connectivity index (χ1v) is 5.96. The molecule has 0 amide bonds. The van der Waals surface area contributed by atoms with Crippen LogP contribution in [0.25, 0.3) is 11.0 Å². The zero-order chi connectivity index (χ0) is 12.5. The summed E-state index contributed by atoms with van der Waals surface area (Å²) < 4.78 is 15.9. The van der Waals surface area contributed by atoms with Gasteiger partial charge in [-0.2, -0.15) is 0 Å². The van der Waals surface area contributed by atoms with Crippen LogP contribution < -0.4 is 0 Å². The quantitative estimate of drug-likeness (QED) is 0.675. The van der Waals surface area contributed by atoms with E-state index < -0.39 is 6.30 Å². The third-order valence-corrected chi connectivity index (χ3v) is 3.12. The van der Waals surface area contributed by atoms with Crippen LogP contribution in [-0.4, -0.2) is 9.55 Å². The number of fused-ring (bicyclic) bond motifs is 1. The predicted molar refractivity (Wildman–Crippen MR) is 70.4 cm³/mol. The van der Waals surface area contributed by atoms with E-state index in [1.54, 1.807) is 24.3 Å². The minimum atomic E-state index is -1.33. The molecule has 0 N–H and O–H groups in total. The first kappa shape index (κ1) is 11.2. The third-order valence-electron chi connectivity index (χ3n) is 2.85. The van der Waals surface area contributed by atoms with E-state index in [0.29, 0.717) is 16.6 Å². The van der Waals surface area contributed by atoms with Gasteiger partial charge >= 0.3 is 0 Å². The summed E-state index contributed by atoms with van der Waals surface area (Å²) in [6, 6.07) is 16.2. The van der Waals surface area contributed by atoms with Crippen LogP contribution in [0.3, 0.4) is 0 Å². The zero-order valence-corrected chi connectivity index (χ0v) is 10.2. The molecule has 0 saturated carbocycles. The van der Waals surface area contributed by atoms with Crippen molar-refractivity contribution >= 4 is 22.6 Å². The predicted octanol–water partition coefficient (Wildman–Crippen LogP) is 4.21. The van der Waals surface area contributed by atoms with Crippen LogP contribution >= 0.6 is 11.6 Å². The summed E-state index contributed by atoms with van der Waals surface area (Å²) in [6.07, 6.45) is -1.33. The maximum Gasteiger partial charge on any atom is 0.206 e. The van der Waals surface area contributed by atoms with Gasteiger partial charge in [0.25, 0.3) is 0 Å². The van der Waals surface area contributed by atoms with Gasteiger partial charge in [0.15, 0.2) is 0 Å². The van der Waals surface area contributed by atoms with Gasteiger partial charge in [0.05, 0.1) is 11.0 Å². The zero-order valence-electron chi connectivity index (χ0n) is 9.42. The summed E-state index contributed by atoms with van der Waals surface area (Å²) >= 11 is 6.02. The van der Waals surface area contributed by atoms with E-state index >= 15 is 0 Å². The molecule has 0 aliphatic heterocycles. The first-order valence-electron chi connectivity index (χ1n) is 5.59. The van der Waals surface area contributed by atoms with E-state index in [1.807, 2.05) is 30.3 Å². The highest BCUT2D eigenvalue weighted by atomic mass is 35.5. The second-order valence-corrected chi connectivity index (χ2v) is 4.32. The van der Waals surface area contributed by atoms with Gasteiger partial charge in [-0.15, -0.1) is 0 Å². The Morgan fingerprint density at radius 3 is 2.44 bits per heavy atom. The van der Waals surface area contributed by atoms with Gasteiger partial charge in [-0.3, -0.25) is 4.57 Å². The fourth-order valence-corrected chi connectivity index (χ4v) is 2.26. The Morgan fingerprint density at radius 2 is 1.67 bits per heavy atom. The van der Waals surface area contributed by atoms with Gasteiger partial charge in [-0.05, 0) is 23.7 Å². The van der Waals surface area contributed by atoms with Crippen molar-refractivity contribution in [2.45, 2.75) is 6.30 Å². The van der Waals surface area contributed by atoms with Crippen molar-refractivity contribution in [3.05, 3.63) is 65.4 Å². The van der Waals surface area contributed by atoms with Crippen molar-refractivity contribution in [3.63, 3.8) is 0 Å². The number of hydrogen-bond donors (Lipinski definition) is 0. The molecule has 0 fully saturated rings. The van der Waals surface area contributed by atoms with Crippen molar-refractivity contribution < 1.29 is 4.39 Å². The maximum absolute atomic E-state index is 14.5. The standard InChI is InChI=1S/C14H10ClFN2/c15-14-17-11-8-4-5-9-12(11)18(14)13(16)10-6-2-1-3-7-10/h1-9,13H. The van der Waals surface area contributed by atoms with Crippen LogP contribution in [0.15, 0.2) is 54.6 Å². The van der Waals surface area contributed by atoms with Crippen LogP contribution in [0, 0.1) is 0 Å². The van der Waals surface area contributed by atoms with Crippen LogP contribution in [0.2, 0.25) is 5.28 Å². The molecule has 0 bridgehead atoms. The third kappa shape index (κ3) is 1.77. The molecule has 2 nitrogen and oxygen atoms in total. The van der Waals surface area contributed by atoms with Gasteiger partial charge in [-0.25, -0.2) is 9.37 Å². The molecule has 3 aromatic rings. The second kappa shape index (κ2) is 4.42. The average Bonchev–Trinajstić information content (AvgIpc) is 2.75. The molecule has 1 atom stereocenters. The van der Waals surface area contributed by atoms with E-state index in [9.17, 15) is 4.39 Å². The minimum Gasteiger partial charge on any atom is -0.279 e. The van der Waals surface area contributed by atoms with E-state index in [2.05, 4.69) is 4.98 Å². The summed E-state index contributed by atoms with van der Waals surface area (Å²) in [4.78, 5) is 4.15. The van der Waals surface area contributed by atoms with E-state index in [-0.39, 0.29) is 5.28 Å². The molecule has 18 heavy (non-hydrogen) atoms. The average molecular weight is 261 g/mol. The summed E-state index contributed by atoms with van der Waals surface area (Å²) in [5.74, 6) is 0. The second-order valence-electron chi connectivity index (χ2n) is 3.99. The highest BCUT2D eigenvalue weighted by Gasteiger charge is 2.18. The van der Waals surface area contributed by atoms with Crippen molar-refractivity contribution in [1.29, 1.82) is 0 Å². The first-order chi connectivity index (χ1) is 8.77. The van der Waals surface area contributed by atoms with Gasteiger partial charge in [0, 0.05) is 5.56 Å². The highest BCUT2D eigenvalue weighted by molar-refractivity contribution is 6.29. The summed E-state index contributed by atoms with van der Waals surface area (Å²) in [5, 5.41) is 0.160. The van der Waals surface area contributed by atoms with Gasteiger partial charge in [0.1, 0.15) is 0 Å². The molecule has 2 aromatic carbocycles. The van der Waals surface area contributed by atoms with Crippen LogP contribution in [0.1, 0.15) is 11.9 Å². The Labute approximate surface area is 109 Å². The van der Waals surface area contributed by atoms with Gasteiger partial charge in [-0.1, -0.05) is 42.5 Å². The fraction of sp³-hybridized carbons (Fsp3) is 0.0714. The Hall–Kier alpha value is -1.87. The van der Waals surface area contributed by atoms with Crippen LogP contribution in [-0.2, 0) is 0 Å². The molecule has 0 saturated heterocycles. The van der Waals surface area contributed by atoms with E-state index in [4.69, 9.17) is 11.6 Å². The van der Waals surface area contributed by atoms with Crippen molar-refractivity contribution in [2.75, 3.05) is 0 Å². The van der Waals surface area contributed by atoms with Crippen molar-refractivity contribution in [3.8, 4) is 0 Å². The van der Waals surface area contributed by atoms with E-state index in [0.717, 1.165) is 0 Å². The number of imidazole rings is 1. The van der Waals surface area contributed by atoms with Gasteiger partial charge in [0.2, 0.25) is 11.6 Å². The molecular weight excluding hydrogens is 251 g/mol. The Morgan fingerprint density at radius 1 is 1.00 bits per heavy atom. The summed E-state index contributed by atoms with van der Waals surface area (Å²) in [7, 11) is 0. The summed E-state index contributed by atoms with van der Waals surface area (Å²) in [5.41, 5.74) is 1.95. The number of para-hydroxylation sites is 2. The monoisotopic (exact) mass is 260 g/mol. The molecule has 1 unspecified atom stereocenters. The van der Waals surface area contributed by atoms with Crippen molar-refractivity contribution in [1.82, 2.24) is 9.55 Å². The number of aromatic nitrogens is 2. The van der Waals surface area contributed by atoms with Crippen LogP contribution in [0.4, 0.5) is 4.39 Å². The lowest BCUT2D eigenvalue weighted by Gasteiger charge is -2.12. The number of hydrogen-bond acceptors (Lipinski definition) is 1. The molecule has 4 heteroatoms. The molecule has 90 valence electrons. The minimum absolute atomic E-state index is 0.160. The number of nitrogens with zero attached hydrogens (tertiary/aromatic N) is 2. The lowest BCUT2D eigenvalue weighted by atomic mass is 10.2. The normalized spacial score (nSPS) is 12.8. The maximum atomic E-state index is 14.5. The highest BCUT2D eigenvalue weighted by Crippen LogP contribution is 2.29. The molecule has 1 aromatic heterocycles. The molecule has 0 aliphatic carbocycles. The number of benzene rings is 2. The molecule has 0 aliphatic rings. The lowest BCUT2D eigenvalue weighted by molar-refractivity contribution is 0.302. The number of alkyl halides is 1. The molecule has 0 radical (unpaired) electrons. The topological polar surface area (TPSA) is 17.8 Å². The fourth-order valence-electron chi connectivity index (χ4n) is 1.99.